The molecule has 2 aliphatic rings. The second kappa shape index (κ2) is 22.0. The van der Waals surface area contributed by atoms with Crippen molar-refractivity contribution >= 4 is 79.3 Å². The van der Waals surface area contributed by atoms with Crippen LogP contribution in [0.4, 0.5) is 34.1 Å². The van der Waals surface area contributed by atoms with E-state index in [-0.39, 0.29) is 10.8 Å². The Morgan fingerprint density at radius 2 is 0.824 bits per heavy atom. The third-order valence-electron chi connectivity index (χ3n) is 17.9. The number of rotatable bonds is 11. The lowest BCUT2D eigenvalue weighted by Gasteiger charge is -2.31. The molecule has 412 valence electrons. The third kappa shape index (κ3) is 9.40. The average molecular weight is 1140 g/mol. The van der Waals surface area contributed by atoms with E-state index in [4.69, 9.17) is 27.6 Å². The Bertz CT molecular complexity index is 4650. The molecular weight excluding hydrogens is 1080 g/mol. The van der Waals surface area contributed by atoms with Crippen molar-refractivity contribution in [3.63, 3.8) is 0 Å². The highest BCUT2D eigenvalue weighted by molar-refractivity contribution is 6.31. The first-order valence-corrected chi connectivity index (χ1v) is 30.2. The molecule has 0 radical (unpaired) electrons. The van der Waals surface area contributed by atoms with Gasteiger partial charge in [-0.15, -0.1) is 0 Å². The lowest BCUT2D eigenvalue weighted by Crippen LogP contribution is -2.23. The maximum absolute atomic E-state index is 6.61. The number of anilines is 6. The Kier molecular flexibility index (Phi) is 13.9. The highest BCUT2D eigenvalue weighted by atomic mass is 35.5. The zero-order chi connectivity index (χ0) is 57.8. The van der Waals surface area contributed by atoms with E-state index in [1.165, 1.54) is 66.8 Å². The normalized spacial score (nSPS) is 13.1. The predicted octanol–water partition coefficient (Wildman–Crippen LogP) is 23.9. The molecule has 13 aromatic rings. The van der Waals surface area contributed by atoms with Gasteiger partial charge in [0.15, 0.2) is 0 Å². The number of hydrogen-bond acceptors (Lipinski definition) is 3. The van der Waals surface area contributed by atoms with E-state index >= 15 is 0 Å². The van der Waals surface area contributed by atoms with Gasteiger partial charge in [0, 0.05) is 54.6 Å². The van der Waals surface area contributed by atoms with Crippen molar-refractivity contribution in [2.75, 3.05) is 9.80 Å². The van der Waals surface area contributed by atoms with Gasteiger partial charge in [-0.1, -0.05) is 239 Å². The molecule has 1 heterocycles. The molecule has 12 aromatic carbocycles. The smallest absolute Gasteiger partial charge is 0.137 e. The standard InChI is InChI=1S/C41H34ClN.C39H28ClNO/c1-3-41(4-2)38-19-10-8-18-36(38)37-28-34(25-26-39(37)41)43(33-16-12-15-32(42)27-33)40-20-11-9-17-35(40)31-23-21-30(22-24-31)29-13-6-5-7-14-29;1-39(2)33-16-5-3-14-30(33)31-21-20-29(24-34(31)39)41(28-13-8-11-26(23-28)25-10-7-12-27(40)22-25)35-17-9-19-37-38(35)32-15-4-6-18-36(32)42-37/h5-28H,3-4H2,1-2H3;3-24H,1-2H3. The fourth-order valence-corrected chi connectivity index (χ4v) is 14.1. The van der Waals surface area contributed by atoms with Crippen LogP contribution in [0.25, 0.3) is 77.6 Å². The summed E-state index contributed by atoms with van der Waals surface area (Å²) in [6, 6.07) is 99.3. The SMILES string of the molecule is CC1(C)c2ccccc2-c2ccc(N(c3cccc(-c4cccc(Cl)c4)c3)c3cccc4oc5ccccc5c34)cc21.CCC1(CC)c2ccccc2-c2cc(N(c3cccc(Cl)c3)c3ccccc3-c3ccc(-c4ccccc4)cc3)ccc21. The predicted molar refractivity (Wildman–Crippen MR) is 360 cm³/mol. The Labute approximate surface area is 508 Å². The van der Waals surface area contributed by atoms with Crippen LogP contribution in [-0.2, 0) is 10.8 Å². The second-order valence-corrected chi connectivity index (χ2v) is 23.8. The molecule has 0 saturated carbocycles. The first-order chi connectivity index (χ1) is 41.6. The maximum atomic E-state index is 6.61. The number of para-hydroxylation sites is 2. The molecule has 3 nitrogen and oxygen atoms in total. The zero-order valence-corrected chi connectivity index (χ0v) is 49.5. The van der Waals surface area contributed by atoms with Crippen molar-refractivity contribution < 1.29 is 4.42 Å². The van der Waals surface area contributed by atoms with Gasteiger partial charge in [-0.3, -0.25) is 0 Å². The summed E-state index contributed by atoms with van der Waals surface area (Å²) in [6.45, 7) is 9.30. The van der Waals surface area contributed by atoms with Gasteiger partial charge in [-0.05, 0) is 176 Å². The Hall–Kier alpha value is -9.38. The highest BCUT2D eigenvalue weighted by Gasteiger charge is 2.41. The van der Waals surface area contributed by atoms with Gasteiger partial charge in [-0.25, -0.2) is 0 Å². The number of fused-ring (bicyclic) bond motifs is 9. The van der Waals surface area contributed by atoms with Crippen LogP contribution in [0, 0.1) is 0 Å². The van der Waals surface area contributed by atoms with Gasteiger partial charge in [0.05, 0.1) is 16.8 Å². The van der Waals surface area contributed by atoms with Gasteiger partial charge in [-0.2, -0.15) is 0 Å². The zero-order valence-electron chi connectivity index (χ0n) is 48.0. The van der Waals surface area contributed by atoms with E-state index in [2.05, 4.69) is 274 Å². The first-order valence-electron chi connectivity index (χ1n) is 29.5. The molecule has 0 atom stereocenters. The lowest BCUT2D eigenvalue weighted by atomic mass is 9.74. The molecular formula is C80H62Cl2N2O. The van der Waals surface area contributed by atoms with Gasteiger partial charge >= 0.3 is 0 Å². The maximum Gasteiger partial charge on any atom is 0.137 e. The summed E-state index contributed by atoms with van der Waals surface area (Å²) in [5.41, 5.74) is 26.1. The molecule has 0 unspecified atom stereocenters. The molecule has 0 saturated heterocycles. The Morgan fingerprint density at radius 3 is 1.58 bits per heavy atom. The van der Waals surface area contributed by atoms with E-state index < -0.39 is 0 Å². The van der Waals surface area contributed by atoms with Gasteiger partial charge in [0.1, 0.15) is 11.2 Å². The van der Waals surface area contributed by atoms with Crippen molar-refractivity contribution in [2.24, 2.45) is 0 Å². The molecule has 0 fully saturated rings. The summed E-state index contributed by atoms with van der Waals surface area (Å²) < 4.78 is 6.33. The molecule has 15 rings (SSSR count). The Morgan fingerprint density at radius 1 is 0.329 bits per heavy atom. The number of benzene rings is 12. The van der Waals surface area contributed by atoms with Crippen LogP contribution in [-0.4, -0.2) is 0 Å². The van der Waals surface area contributed by atoms with Crippen LogP contribution >= 0.6 is 23.2 Å². The third-order valence-corrected chi connectivity index (χ3v) is 18.4. The largest absolute Gasteiger partial charge is 0.456 e. The molecule has 0 aliphatic heterocycles. The van der Waals surface area contributed by atoms with Crippen molar-refractivity contribution in [1.82, 2.24) is 0 Å². The molecule has 5 heteroatoms. The van der Waals surface area contributed by atoms with E-state index in [9.17, 15) is 0 Å². The summed E-state index contributed by atoms with van der Waals surface area (Å²) in [4.78, 5) is 4.73. The van der Waals surface area contributed by atoms with Crippen LogP contribution in [0.1, 0.15) is 62.8 Å². The quantitative estimate of drug-likeness (QED) is 0.129. The average Bonchev–Trinajstić information content (AvgIpc) is 1.83. The minimum atomic E-state index is -0.107. The summed E-state index contributed by atoms with van der Waals surface area (Å²) >= 11 is 13.0. The summed E-state index contributed by atoms with van der Waals surface area (Å²) in [5, 5.41) is 3.65. The summed E-state index contributed by atoms with van der Waals surface area (Å²) in [5.74, 6) is 0. The Balaban J connectivity index is 0.000000151. The van der Waals surface area contributed by atoms with E-state index in [0.717, 1.165) is 90.1 Å². The van der Waals surface area contributed by atoms with Crippen LogP contribution in [0.15, 0.2) is 283 Å². The number of halogens is 2. The number of furan rings is 1. The van der Waals surface area contributed by atoms with Crippen LogP contribution < -0.4 is 9.80 Å². The lowest BCUT2D eigenvalue weighted by molar-refractivity contribution is 0.490. The van der Waals surface area contributed by atoms with E-state index in [1.54, 1.807) is 0 Å². The van der Waals surface area contributed by atoms with Crippen LogP contribution in [0.2, 0.25) is 10.0 Å². The van der Waals surface area contributed by atoms with Gasteiger partial charge in [0.25, 0.3) is 0 Å². The van der Waals surface area contributed by atoms with E-state index in [0.29, 0.717) is 0 Å². The summed E-state index contributed by atoms with van der Waals surface area (Å²) in [6.07, 6.45) is 2.15. The monoisotopic (exact) mass is 1140 g/mol. The number of nitrogens with zero attached hydrogens (tertiary/aromatic N) is 2. The minimum Gasteiger partial charge on any atom is -0.456 e. The molecule has 0 spiro atoms. The minimum absolute atomic E-state index is 0.0454. The van der Waals surface area contributed by atoms with Gasteiger partial charge < -0.3 is 14.2 Å². The molecule has 85 heavy (non-hydrogen) atoms. The van der Waals surface area contributed by atoms with Crippen molar-refractivity contribution in [3.05, 3.63) is 311 Å². The molecule has 1 aromatic heterocycles. The van der Waals surface area contributed by atoms with E-state index in [1.807, 2.05) is 42.5 Å². The fourth-order valence-electron chi connectivity index (χ4n) is 13.7. The van der Waals surface area contributed by atoms with Crippen LogP contribution in [0.3, 0.4) is 0 Å². The molecule has 0 amide bonds. The second-order valence-electron chi connectivity index (χ2n) is 22.9. The fraction of sp³-hybridized carbons (Fsp3) is 0.100. The van der Waals surface area contributed by atoms with Crippen molar-refractivity contribution in [3.8, 4) is 55.6 Å². The summed E-state index contributed by atoms with van der Waals surface area (Å²) in [7, 11) is 0. The number of hydrogen-bond donors (Lipinski definition) is 0. The first kappa shape index (κ1) is 53.6. The molecule has 0 bridgehead atoms. The molecule has 0 N–H and O–H groups in total. The van der Waals surface area contributed by atoms with Crippen molar-refractivity contribution in [1.29, 1.82) is 0 Å². The highest BCUT2D eigenvalue weighted by Crippen LogP contribution is 2.55. The molecule has 2 aliphatic carbocycles. The van der Waals surface area contributed by atoms with Crippen molar-refractivity contribution in [2.45, 2.75) is 51.4 Å². The van der Waals surface area contributed by atoms with Gasteiger partial charge in [0.2, 0.25) is 0 Å². The topological polar surface area (TPSA) is 19.6 Å². The van der Waals surface area contributed by atoms with Crippen LogP contribution in [0.5, 0.6) is 0 Å².